The normalized spacial score (nSPS) is 12.4. The van der Waals surface area contributed by atoms with E-state index < -0.39 is 12.2 Å². The molecule has 0 heterocycles. The summed E-state index contributed by atoms with van der Waals surface area (Å²) in [6.07, 6.45) is -1.59. The van der Waals surface area contributed by atoms with Crippen molar-refractivity contribution in [3.05, 3.63) is 72.8 Å². The summed E-state index contributed by atoms with van der Waals surface area (Å²) < 4.78 is 27.0. The van der Waals surface area contributed by atoms with E-state index in [1.54, 1.807) is 69.9 Å². The molecule has 188 valence electrons. The van der Waals surface area contributed by atoms with Crippen molar-refractivity contribution in [1.29, 1.82) is 0 Å². The molecule has 0 saturated carbocycles. The fourth-order valence-electron chi connectivity index (χ4n) is 3.42. The van der Waals surface area contributed by atoms with Gasteiger partial charge in [0.1, 0.15) is 54.2 Å². The van der Waals surface area contributed by atoms with Crippen LogP contribution in [-0.2, 0) is 0 Å². The molecule has 2 N–H and O–H groups in total. The summed E-state index contributed by atoms with van der Waals surface area (Å²) in [5.74, 6) is 3.45. The minimum absolute atomic E-state index is 0.0947. The molecule has 0 amide bonds. The third kappa shape index (κ3) is 8.27. The molecule has 2 atom stereocenters. The number of methoxy groups -OCH3 is 3. The summed E-state index contributed by atoms with van der Waals surface area (Å²) in [5, 5.41) is 21.3. The Morgan fingerprint density at radius 3 is 1.20 bits per heavy atom. The van der Waals surface area contributed by atoms with Gasteiger partial charge in [-0.15, -0.1) is 0 Å². The molecule has 3 rings (SSSR count). The van der Waals surface area contributed by atoms with Crippen LogP contribution in [0.25, 0.3) is 0 Å². The van der Waals surface area contributed by atoms with Gasteiger partial charge in [-0.25, -0.2) is 0 Å². The van der Waals surface area contributed by atoms with Crippen LogP contribution < -0.4 is 28.6 Å². The van der Waals surface area contributed by atoms with Crippen molar-refractivity contribution in [2.75, 3.05) is 52.5 Å². The topological polar surface area (TPSA) is 89.9 Å². The monoisotopic (exact) mass is 483 g/mol. The number of aliphatic hydroxyl groups is 2. The van der Waals surface area contributed by atoms with E-state index in [0.29, 0.717) is 11.5 Å². The third-order valence-electron chi connectivity index (χ3n) is 5.30. The molecule has 0 bridgehead atoms. The molecule has 8 heteroatoms. The van der Waals surface area contributed by atoms with Crippen molar-refractivity contribution < 1.29 is 33.9 Å². The largest absolute Gasteiger partial charge is 0.497 e. The van der Waals surface area contributed by atoms with Gasteiger partial charge in [0.2, 0.25) is 0 Å². The summed E-state index contributed by atoms with van der Waals surface area (Å²) in [6.45, 7) is 0.693. The second-order valence-electron chi connectivity index (χ2n) is 7.88. The lowest BCUT2D eigenvalue weighted by molar-refractivity contribution is 0.0954. The number of anilines is 1. The SMILES string of the molecule is COc1ccc(OC[C@H](O)CN(C[C@@H](O)COc2ccc(OC)cc2)c2ccc(OC)cc2)cc1. The standard InChI is InChI=1S/C27H33NO7/c1-31-23-6-4-20(5-7-23)28(16-21(29)18-34-26-12-8-24(32-2)9-13-26)17-22(30)19-35-27-14-10-25(33-3)11-15-27/h4-15,21-22,29-30H,16-19H2,1-3H3/t21-,22-/m1/s1. The van der Waals surface area contributed by atoms with Crippen LogP contribution in [0.5, 0.6) is 28.7 Å². The average molecular weight is 484 g/mol. The van der Waals surface area contributed by atoms with Gasteiger partial charge < -0.3 is 38.8 Å². The lowest BCUT2D eigenvalue weighted by atomic mass is 10.2. The Morgan fingerprint density at radius 2 is 0.857 bits per heavy atom. The fourth-order valence-corrected chi connectivity index (χ4v) is 3.42. The fraction of sp³-hybridized carbons (Fsp3) is 0.333. The number of benzene rings is 3. The molecule has 0 fully saturated rings. The molecule has 8 nitrogen and oxygen atoms in total. The van der Waals surface area contributed by atoms with Gasteiger partial charge in [-0.3, -0.25) is 0 Å². The summed E-state index contributed by atoms with van der Waals surface area (Å²) in [4.78, 5) is 1.89. The molecule has 0 spiro atoms. The highest BCUT2D eigenvalue weighted by molar-refractivity contribution is 5.49. The number of nitrogens with zero attached hydrogens (tertiary/aromatic N) is 1. The van der Waals surface area contributed by atoms with Crippen molar-refractivity contribution in [2.45, 2.75) is 12.2 Å². The number of ether oxygens (including phenoxy) is 5. The first-order valence-electron chi connectivity index (χ1n) is 11.3. The van der Waals surface area contributed by atoms with Crippen molar-refractivity contribution in [2.24, 2.45) is 0 Å². The van der Waals surface area contributed by atoms with Crippen molar-refractivity contribution in [3.63, 3.8) is 0 Å². The van der Waals surface area contributed by atoms with E-state index in [9.17, 15) is 10.2 Å². The summed E-state index contributed by atoms with van der Waals surface area (Å²) in [6, 6.07) is 21.8. The lowest BCUT2D eigenvalue weighted by Crippen LogP contribution is -2.41. The second-order valence-corrected chi connectivity index (χ2v) is 7.88. The van der Waals surface area contributed by atoms with Crippen LogP contribution in [0.1, 0.15) is 0 Å². The van der Waals surface area contributed by atoms with Crippen LogP contribution in [-0.4, -0.2) is 70.1 Å². The zero-order valence-corrected chi connectivity index (χ0v) is 20.3. The second kappa shape index (κ2) is 13.3. The van der Waals surface area contributed by atoms with Gasteiger partial charge in [0, 0.05) is 18.8 Å². The Labute approximate surface area is 206 Å². The molecule has 0 saturated heterocycles. The number of aliphatic hydroxyl groups excluding tert-OH is 2. The smallest absolute Gasteiger partial charge is 0.119 e. The average Bonchev–Trinajstić information content (AvgIpc) is 2.91. The third-order valence-corrected chi connectivity index (χ3v) is 5.30. The van der Waals surface area contributed by atoms with Gasteiger partial charge in [0.05, 0.1) is 21.3 Å². The van der Waals surface area contributed by atoms with Crippen LogP contribution in [0.3, 0.4) is 0 Å². The molecule has 3 aromatic carbocycles. The van der Waals surface area contributed by atoms with Crippen LogP contribution in [0.15, 0.2) is 72.8 Å². The number of hydrogen-bond acceptors (Lipinski definition) is 8. The molecule has 3 aromatic rings. The summed E-state index contributed by atoms with van der Waals surface area (Å²) in [5.41, 5.74) is 0.831. The van der Waals surface area contributed by atoms with E-state index in [1.165, 1.54) is 0 Å². The summed E-state index contributed by atoms with van der Waals surface area (Å²) in [7, 11) is 4.81. The van der Waals surface area contributed by atoms with E-state index >= 15 is 0 Å². The minimum Gasteiger partial charge on any atom is -0.497 e. The van der Waals surface area contributed by atoms with Crippen LogP contribution >= 0.6 is 0 Å². The predicted octanol–water partition coefficient (Wildman–Crippen LogP) is 3.40. The van der Waals surface area contributed by atoms with Gasteiger partial charge in [0.15, 0.2) is 0 Å². The van der Waals surface area contributed by atoms with Gasteiger partial charge in [-0.2, -0.15) is 0 Å². The maximum atomic E-state index is 10.7. The highest BCUT2D eigenvalue weighted by Crippen LogP contribution is 2.22. The lowest BCUT2D eigenvalue weighted by Gasteiger charge is -2.29. The Hall–Kier alpha value is -3.62. The molecular weight excluding hydrogens is 450 g/mol. The quantitative estimate of drug-likeness (QED) is 0.361. The Kier molecular flexibility index (Phi) is 9.89. The van der Waals surface area contributed by atoms with Gasteiger partial charge in [-0.05, 0) is 72.8 Å². The molecular formula is C27H33NO7. The van der Waals surface area contributed by atoms with Gasteiger partial charge in [0.25, 0.3) is 0 Å². The van der Waals surface area contributed by atoms with Crippen LogP contribution in [0.2, 0.25) is 0 Å². The summed E-state index contributed by atoms with van der Waals surface area (Å²) >= 11 is 0. The molecule has 0 aliphatic heterocycles. The predicted molar refractivity (Wildman–Crippen MR) is 134 cm³/mol. The first-order chi connectivity index (χ1) is 17.0. The first kappa shape index (κ1) is 26.0. The van der Waals surface area contributed by atoms with E-state index in [1.807, 2.05) is 29.2 Å². The maximum Gasteiger partial charge on any atom is 0.119 e. The number of hydrogen-bond donors (Lipinski definition) is 2. The highest BCUT2D eigenvalue weighted by atomic mass is 16.5. The molecule has 0 aliphatic carbocycles. The molecule has 0 aromatic heterocycles. The molecule has 0 radical (unpaired) electrons. The Morgan fingerprint density at radius 1 is 0.543 bits per heavy atom. The zero-order valence-electron chi connectivity index (χ0n) is 20.3. The van der Waals surface area contributed by atoms with Crippen LogP contribution in [0, 0.1) is 0 Å². The highest BCUT2D eigenvalue weighted by Gasteiger charge is 2.18. The zero-order chi connectivity index (χ0) is 25.0. The van der Waals surface area contributed by atoms with Gasteiger partial charge in [-0.1, -0.05) is 0 Å². The molecule has 0 unspecified atom stereocenters. The van der Waals surface area contributed by atoms with Crippen LogP contribution in [0.4, 0.5) is 5.69 Å². The van der Waals surface area contributed by atoms with Crippen molar-refractivity contribution in [1.82, 2.24) is 0 Å². The van der Waals surface area contributed by atoms with E-state index in [4.69, 9.17) is 23.7 Å². The van der Waals surface area contributed by atoms with E-state index in [-0.39, 0.29) is 26.3 Å². The maximum absolute atomic E-state index is 10.7. The first-order valence-corrected chi connectivity index (χ1v) is 11.3. The minimum atomic E-state index is -0.797. The van der Waals surface area contributed by atoms with E-state index in [2.05, 4.69) is 0 Å². The van der Waals surface area contributed by atoms with Gasteiger partial charge >= 0.3 is 0 Å². The molecule has 0 aliphatic rings. The number of rotatable bonds is 14. The van der Waals surface area contributed by atoms with Crippen molar-refractivity contribution >= 4 is 5.69 Å². The van der Waals surface area contributed by atoms with Crippen molar-refractivity contribution in [3.8, 4) is 28.7 Å². The molecule has 35 heavy (non-hydrogen) atoms. The Bertz CT molecular complexity index is 934. The van der Waals surface area contributed by atoms with E-state index in [0.717, 1.165) is 22.9 Å². The Balaban J connectivity index is 1.59.